The molecule has 1 aromatic carbocycles. The van der Waals surface area contributed by atoms with Gasteiger partial charge in [-0.25, -0.2) is 0 Å². The number of hydrogen-bond donors (Lipinski definition) is 1. The number of Topliss-reactive ketones (excluding diaryl/α,β-unsaturated/α-hetero) is 1. The number of aromatic amines is 1. The molecule has 26 heavy (non-hydrogen) atoms. The standard InChI is InChI=1S/C21H27N3O2/c1-6-9-16-15-10-7-8-11-17(15)24(21(26)14(3)23(4)5)18-12-13(2)22-19(18)20(16)25/h7-8,10-12,14,16,22H,6,9H2,1-5H3. The molecule has 1 aliphatic rings. The van der Waals surface area contributed by atoms with Crippen molar-refractivity contribution in [2.45, 2.75) is 45.6 Å². The van der Waals surface area contributed by atoms with Crippen molar-refractivity contribution in [1.29, 1.82) is 0 Å². The molecule has 1 aliphatic heterocycles. The van der Waals surface area contributed by atoms with Gasteiger partial charge >= 0.3 is 0 Å². The quantitative estimate of drug-likeness (QED) is 0.903. The molecular weight excluding hydrogens is 326 g/mol. The van der Waals surface area contributed by atoms with Crippen molar-refractivity contribution < 1.29 is 9.59 Å². The minimum atomic E-state index is -0.302. The summed E-state index contributed by atoms with van der Waals surface area (Å²) < 4.78 is 0. The third kappa shape index (κ3) is 2.97. The fourth-order valence-electron chi connectivity index (χ4n) is 3.59. The van der Waals surface area contributed by atoms with Crippen LogP contribution in [0.15, 0.2) is 30.3 Å². The Labute approximate surface area is 155 Å². The SMILES string of the molecule is CCCC1C(=O)c2[nH]c(C)cc2N(C(=O)C(C)N(C)C)c2ccccc21. The first-order valence-electron chi connectivity index (χ1n) is 9.20. The third-order valence-corrected chi connectivity index (χ3v) is 5.22. The molecule has 2 aromatic rings. The number of nitrogens with zero attached hydrogens (tertiary/aromatic N) is 2. The van der Waals surface area contributed by atoms with Crippen LogP contribution in [0, 0.1) is 6.92 Å². The second kappa shape index (κ2) is 7.08. The van der Waals surface area contributed by atoms with E-state index in [-0.39, 0.29) is 23.7 Å². The average molecular weight is 353 g/mol. The van der Waals surface area contributed by atoms with Crippen molar-refractivity contribution >= 4 is 23.1 Å². The van der Waals surface area contributed by atoms with E-state index in [2.05, 4.69) is 11.9 Å². The fourth-order valence-corrected chi connectivity index (χ4v) is 3.59. The Morgan fingerprint density at radius 1 is 1.27 bits per heavy atom. The first-order chi connectivity index (χ1) is 12.4. The summed E-state index contributed by atoms with van der Waals surface area (Å²) in [4.78, 5) is 33.5. The third-order valence-electron chi connectivity index (χ3n) is 5.22. The number of benzene rings is 1. The van der Waals surface area contributed by atoms with Crippen LogP contribution in [-0.4, -0.2) is 41.7 Å². The molecule has 0 fully saturated rings. The Morgan fingerprint density at radius 3 is 2.62 bits per heavy atom. The minimum Gasteiger partial charge on any atom is -0.354 e. The van der Waals surface area contributed by atoms with E-state index >= 15 is 0 Å². The lowest BCUT2D eigenvalue weighted by Crippen LogP contribution is -2.42. The maximum absolute atomic E-state index is 13.4. The highest BCUT2D eigenvalue weighted by atomic mass is 16.2. The first kappa shape index (κ1) is 18.4. The molecule has 0 saturated carbocycles. The molecule has 1 amide bonds. The highest BCUT2D eigenvalue weighted by Crippen LogP contribution is 2.43. The number of carbonyl (C=O) groups excluding carboxylic acids is 2. The summed E-state index contributed by atoms with van der Waals surface area (Å²) in [5, 5.41) is 0. The van der Waals surface area contributed by atoms with E-state index in [1.165, 1.54) is 0 Å². The zero-order chi connectivity index (χ0) is 19.0. The number of anilines is 2. The predicted molar refractivity (Wildman–Crippen MR) is 104 cm³/mol. The van der Waals surface area contributed by atoms with Gasteiger partial charge in [-0.15, -0.1) is 0 Å². The molecule has 1 aromatic heterocycles. The van der Waals surface area contributed by atoms with Crippen molar-refractivity contribution in [1.82, 2.24) is 9.88 Å². The van der Waals surface area contributed by atoms with Gasteiger partial charge in [-0.2, -0.15) is 0 Å². The van der Waals surface area contributed by atoms with Crippen LogP contribution in [0.5, 0.6) is 0 Å². The number of likely N-dealkylation sites (N-methyl/N-ethyl adjacent to an activating group) is 1. The molecule has 0 aliphatic carbocycles. The second-order valence-electron chi connectivity index (χ2n) is 7.29. The van der Waals surface area contributed by atoms with Gasteiger partial charge in [0.25, 0.3) is 0 Å². The van der Waals surface area contributed by atoms with Crippen LogP contribution < -0.4 is 4.90 Å². The molecular formula is C21H27N3O2. The molecule has 2 heterocycles. The van der Waals surface area contributed by atoms with E-state index in [9.17, 15) is 9.59 Å². The number of ketones is 1. The maximum atomic E-state index is 13.4. The van der Waals surface area contributed by atoms with Crippen LogP contribution in [0.1, 0.15) is 54.4 Å². The van der Waals surface area contributed by atoms with Crippen LogP contribution in [-0.2, 0) is 4.79 Å². The Morgan fingerprint density at radius 2 is 1.96 bits per heavy atom. The van der Waals surface area contributed by atoms with Gasteiger partial charge in [0, 0.05) is 5.69 Å². The molecule has 138 valence electrons. The van der Waals surface area contributed by atoms with E-state index in [0.29, 0.717) is 11.4 Å². The normalized spacial score (nSPS) is 17.7. The summed E-state index contributed by atoms with van der Waals surface area (Å²) in [7, 11) is 3.78. The molecule has 5 heteroatoms. The monoisotopic (exact) mass is 353 g/mol. The van der Waals surface area contributed by atoms with E-state index in [4.69, 9.17) is 0 Å². The Kier molecular flexibility index (Phi) is 5.01. The number of H-pyrrole nitrogens is 1. The molecule has 0 bridgehead atoms. The number of carbonyl (C=O) groups is 2. The Balaban J connectivity index is 2.26. The van der Waals surface area contributed by atoms with E-state index in [0.717, 1.165) is 29.8 Å². The topological polar surface area (TPSA) is 56.4 Å². The number of hydrogen-bond acceptors (Lipinski definition) is 3. The number of fused-ring (bicyclic) bond motifs is 2. The summed E-state index contributed by atoms with van der Waals surface area (Å²) in [5.41, 5.74) is 3.83. The molecule has 1 N–H and O–H groups in total. The van der Waals surface area contributed by atoms with Gasteiger partial charge in [-0.05, 0) is 52.1 Å². The van der Waals surface area contributed by atoms with Crippen molar-refractivity contribution in [3.8, 4) is 0 Å². The molecule has 0 spiro atoms. The number of para-hydroxylation sites is 1. The number of aromatic nitrogens is 1. The van der Waals surface area contributed by atoms with Crippen LogP contribution in [0.2, 0.25) is 0 Å². The smallest absolute Gasteiger partial charge is 0.248 e. The Hall–Kier alpha value is -2.40. The van der Waals surface area contributed by atoms with Crippen LogP contribution in [0.4, 0.5) is 11.4 Å². The molecule has 2 atom stereocenters. The van der Waals surface area contributed by atoms with Gasteiger partial charge in [0.15, 0.2) is 5.78 Å². The summed E-state index contributed by atoms with van der Waals surface area (Å²) >= 11 is 0. The van der Waals surface area contributed by atoms with Crippen molar-refractivity contribution in [2.24, 2.45) is 0 Å². The zero-order valence-corrected chi connectivity index (χ0v) is 16.2. The Bertz CT molecular complexity index is 838. The van der Waals surface area contributed by atoms with Crippen molar-refractivity contribution in [3.63, 3.8) is 0 Å². The van der Waals surface area contributed by atoms with Gasteiger partial charge in [0.05, 0.1) is 23.3 Å². The van der Waals surface area contributed by atoms with Crippen LogP contribution in [0.3, 0.4) is 0 Å². The lowest BCUT2D eigenvalue weighted by Gasteiger charge is -2.29. The summed E-state index contributed by atoms with van der Waals surface area (Å²) in [6.45, 7) is 5.89. The second-order valence-corrected chi connectivity index (χ2v) is 7.29. The van der Waals surface area contributed by atoms with Crippen LogP contribution >= 0.6 is 0 Å². The van der Waals surface area contributed by atoms with Gasteiger partial charge in [0.1, 0.15) is 5.69 Å². The van der Waals surface area contributed by atoms with E-state index in [1.807, 2.05) is 63.2 Å². The average Bonchev–Trinajstić information content (AvgIpc) is 2.96. The van der Waals surface area contributed by atoms with E-state index < -0.39 is 0 Å². The van der Waals surface area contributed by atoms with Crippen molar-refractivity contribution in [3.05, 3.63) is 47.3 Å². The molecule has 0 saturated heterocycles. The number of nitrogens with one attached hydrogen (secondary N) is 1. The maximum Gasteiger partial charge on any atom is 0.248 e. The number of amides is 1. The fraction of sp³-hybridized carbons (Fsp3) is 0.429. The highest BCUT2D eigenvalue weighted by Gasteiger charge is 2.37. The van der Waals surface area contributed by atoms with Crippen LogP contribution in [0.25, 0.3) is 0 Å². The van der Waals surface area contributed by atoms with Gasteiger partial charge in [-0.1, -0.05) is 31.5 Å². The lowest BCUT2D eigenvalue weighted by atomic mass is 9.89. The van der Waals surface area contributed by atoms with Gasteiger partial charge < -0.3 is 4.98 Å². The van der Waals surface area contributed by atoms with E-state index in [1.54, 1.807) is 4.90 Å². The summed E-state index contributed by atoms with van der Waals surface area (Å²) in [6, 6.07) is 9.40. The number of rotatable bonds is 4. The zero-order valence-electron chi connectivity index (χ0n) is 16.2. The van der Waals surface area contributed by atoms with Crippen molar-refractivity contribution in [2.75, 3.05) is 19.0 Å². The molecule has 3 rings (SSSR count). The summed E-state index contributed by atoms with van der Waals surface area (Å²) in [6.07, 6.45) is 1.67. The predicted octanol–water partition coefficient (Wildman–Crippen LogP) is 4.02. The largest absolute Gasteiger partial charge is 0.354 e. The van der Waals surface area contributed by atoms with Gasteiger partial charge in [-0.3, -0.25) is 19.4 Å². The lowest BCUT2D eigenvalue weighted by molar-refractivity contribution is -0.121. The molecule has 0 radical (unpaired) electrons. The minimum absolute atomic E-state index is 0.0346. The number of aryl methyl sites for hydroxylation is 1. The van der Waals surface area contributed by atoms with Gasteiger partial charge in [0.2, 0.25) is 5.91 Å². The highest BCUT2D eigenvalue weighted by molar-refractivity contribution is 6.14. The summed E-state index contributed by atoms with van der Waals surface area (Å²) in [5.74, 6) is -0.205. The first-order valence-corrected chi connectivity index (χ1v) is 9.20. The molecule has 5 nitrogen and oxygen atoms in total. The molecule has 2 unspecified atom stereocenters.